The molecule has 0 fully saturated rings. The highest BCUT2D eigenvalue weighted by Crippen LogP contribution is 2.26. The van der Waals surface area contributed by atoms with Gasteiger partial charge in [0.2, 0.25) is 11.8 Å². The Morgan fingerprint density at radius 3 is 2.07 bits per heavy atom. The average Bonchev–Trinajstić information content (AvgIpc) is 3.03. The normalized spacial score (nSPS) is 11.9. The van der Waals surface area contributed by atoms with Gasteiger partial charge in [0.05, 0.1) is 10.6 Å². The minimum Gasteiger partial charge on any atom is -0.354 e. The summed E-state index contributed by atoms with van der Waals surface area (Å²) in [6, 6.07) is 30.9. The van der Waals surface area contributed by atoms with Crippen molar-refractivity contribution in [2.75, 3.05) is 17.4 Å². The summed E-state index contributed by atoms with van der Waals surface area (Å²) >= 11 is 6.91. The molecule has 4 aromatic rings. The van der Waals surface area contributed by atoms with E-state index in [0.717, 1.165) is 37.2 Å². The first-order chi connectivity index (χ1) is 21.2. The molecule has 0 aromatic heterocycles. The van der Waals surface area contributed by atoms with Gasteiger partial charge in [-0.2, -0.15) is 0 Å². The van der Waals surface area contributed by atoms with E-state index >= 15 is 0 Å². The lowest BCUT2D eigenvalue weighted by atomic mass is 10.0. The molecule has 0 heterocycles. The topological polar surface area (TPSA) is 86.8 Å². The van der Waals surface area contributed by atoms with E-state index in [-0.39, 0.29) is 23.8 Å². The van der Waals surface area contributed by atoms with Crippen molar-refractivity contribution in [3.63, 3.8) is 0 Å². The molecule has 1 unspecified atom stereocenters. The third-order valence-electron chi connectivity index (χ3n) is 7.07. The third-order valence-corrected chi connectivity index (χ3v) is 9.88. The fourth-order valence-electron chi connectivity index (χ4n) is 4.75. The largest absolute Gasteiger partial charge is 0.354 e. The molecule has 0 saturated carbocycles. The van der Waals surface area contributed by atoms with E-state index in [1.165, 1.54) is 17.0 Å². The van der Waals surface area contributed by atoms with Crippen molar-refractivity contribution < 1.29 is 18.0 Å². The van der Waals surface area contributed by atoms with E-state index in [9.17, 15) is 18.0 Å². The van der Waals surface area contributed by atoms with E-state index in [2.05, 4.69) is 37.2 Å². The maximum Gasteiger partial charge on any atom is 0.264 e. The van der Waals surface area contributed by atoms with Crippen LogP contribution in [0.5, 0.6) is 0 Å². The van der Waals surface area contributed by atoms with Crippen LogP contribution in [0.2, 0.25) is 0 Å². The number of amides is 2. The zero-order valence-corrected chi connectivity index (χ0v) is 28.4. The van der Waals surface area contributed by atoms with Crippen LogP contribution in [0.25, 0.3) is 0 Å². The predicted octanol–water partition coefficient (Wildman–Crippen LogP) is 6.96. The molecule has 44 heavy (non-hydrogen) atoms. The number of nitrogens with one attached hydrogen (secondary N) is 1. The average molecular weight is 742 g/mol. The first-order valence-corrected chi connectivity index (χ1v) is 17.4. The molecule has 1 N–H and O–H groups in total. The molecule has 1 atom stereocenters. The SMILES string of the molecule is CCCCNC(=O)C(Cc1ccccc1)N(Cc1cccc(Br)c1)C(=O)CN(c1ccc(Br)cc1)S(=O)(=O)c1ccccc1. The van der Waals surface area contributed by atoms with Gasteiger partial charge in [-0.25, -0.2) is 8.42 Å². The zero-order valence-electron chi connectivity index (χ0n) is 24.4. The lowest BCUT2D eigenvalue weighted by Crippen LogP contribution is -2.53. The lowest BCUT2D eigenvalue weighted by molar-refractivity contribution is -0.140. The molecule has 0 aliphatic heterocycles. The highest BCUT2D eigenvalue weighted by Gasteiger charge is 2.34. The quantitative estimate of drug-likeness (QED) is 0.142. The summed E-state index contributed by atoms with van der Waals surface area (Å²) in [5.41, 5.74) is 2.02. The van der Waals surface area contributed by atoms with Gasteiger partial charge in [0.25, 0.3) is 10.0 Å². The number of nitrogens with zero attached hydrogens (tertiary/aromatic N) is 2. The van der Waals surface area contributed by atoms with Gasteiger partial charge in [0.1, 0.15) is 12.6 Å². The zero-order chi connectivity index (χ0) is 31.5. The lowest BCUT2D eigenvalue weighted by Gasteiger charge is -2.34. The number of rotatable bonds is 14. The van der Waals surface area contributed by atoms with E-state index in [1.807, 2.05) is 61.5 Å². The Kier molecular flexibility index (Phi) is 12.2. The van der Waals surface area contributed by atoms with Gasteiger partial charge < -0.3 is 10.2 Å². The van der Waals surface area contributed by atoms with Crippen LogP contribution in [0.3, 0.4) is 0 Å². The van der Waals surface area contributed by atoms with Gasteiger partial charge in [-0.15, -0.1) is 0 Å². The van der Waals surface area contributed by atoms with Crippen molar-refractivity contribution in [3.8, 4) is 0 Å². The molecular weight excluding hydrogens is 706 g/mol. The standard InChI is InChI=1S/C34H35Br2N3O4S/c1-2-3-21-37-34(41)32(23-26-11-6-4-7-12-26)38(24-27-13-10-14-29(36)22-27)33(40)25-39(30-19-17-28(35)18-20-30)44(42,43)31-15-8-5-9-16-31/h4-20,22,32H,2-3,21,23-25H2,1H3,(H,37,41). The second-order valence-corrected chi connectivity index (χ2v) is 14.0. The van der Waals surface area contributed by atoms with Crippen LogP contribution < -0.4 is 9.62 Å². The summed E-state index contributed by atoms with van der Waals surface area (Å²) in [5.74, 6) is -0.786. The van der Waals surface area contributed by atoms with Crippen molar-refractivity contribution in [1.82, 2.24) is 10.2 Å². The van der Waals surface area contributed by atoms with E-state index in [1.54, 1.807) is 42.5 Å². The second-order valence-electron chi connectivity index (χ2n) is 10.3. The first-order valence-electron chi connectivity index (χ1n) is 14.4. The smallest absolute Gasteiger partial charge is 0.264 e. The Bertz CT molecular complexity index is 1640. The minimum atomic E-state index is -4.14. The Morgan fingerprint density at radius 1 is 0.795 bits per heavy atom. The van der Waals surface area contributed by atoms with Crippen molar-refractivity contribution in [1.29, 1.82) is 0 Å². The van der Waals surface area contributed by atoms with E-state index < -0.39 is 28.5 Å². The van der Waals surface area contributed by atoms with Crippen LogP contribution in [0, 0.1) is 0 Å². The van der Waals surface area contributed by atoms with Gasteiger partial charge >= 0.3 is 0 Å². The Labute approximate surface area is 276 Å². The fourth-order valence-corrected chi connectivity index (χ4v) is 6.89. The molecule has 230 valence electrons. The number of carbonyl (C=O) groups is 2. The minimum absolute atomic E-state index is 0.0624. The van der Waals surface area contributed by atoms with Crippen LogP contribution in [0.1, 0.15) is 30.9 Å². The molecule has 0 saturated heterocycles. The number of hydrogen-bond donors (Lipinski definition) is 1. The highest BCUT2D eigenvalue weighted by atomic mass is 79.9. The number of anilines is 1. The van der Waals surface area contributed by atoms with Crippen molar-refractivity contribution >= 4 is 59.4 Å². The summed E-state index contributed by atoms with van der Waals surface area (Å²) in [6.07, 6.45) is 1.97. The number of halogens is 2. The van der Waals surface area contributed by atoms with Crippen molar-refractivity contribution in [2.24, 2.45) is 0 Å². The maximum absolute atomic E-state index is 14.4. The van der Waals surface area contributed by atoms with Gasteiger partial charge in [-0.3, -0.25) is 13.9 Å². The molecule has 0 spiro atoms. The molecule has 0 aliphatic rings. The Hall–Kier alpha value is -3.47. The van der Waals surface area contributed by atoms with Crippen molar-refractivity contribution in [2.45, 2.75) is 43.7 Å². The molecule has 0 aliphatic carbocycles. The summed E-state index contributed by atoms with van der Waals surface area (Å²) in [6.45, 7) is 2.13. The monoisotopic (exact) mass is 739 g/mol. The predicted molar refractivity (Wildman–Crippen MR) is 182 cm³/mol. The molecule has 10 heteroatoms. The van der Waals surface area contributed by atoms with Gasteiger partial charge in [0, 0.05) is 28.5 Å². The van der Waals surface area contributed by atoms with Gasteiger partial charge in [0.15, 0.2) is 0 Å². The van der Waals surface area contributed by atoms with Crippen LogP contribution in [0.4, 0.5) is 5.69 Å². The van der Waals surface area contributed by atoms with Gasteiger partial charge in [-0.05, 0) is 66.1 Å². The fraction of sp³-hybridized carbons (Fsp3) is 0.235. The molecule has 7 nitrogen and oxygen atoms in total. The molecule has 0 bridgehead atoms. The summed E-state index contributed by atoms with van der Waals surface area (Å²) in [4.78, 5) is 29.8. The first kappa shape index (κ1) is 33.4. The van der Waals surface area contributed by atoms with Crippen LogP contribution in [-0.4, -0.2) is 44.3 Å². The molecule has 4 rings (SSSR count). The maximum atomic E-state index is 14.4. The summed E-state index contributed by atoms with van der Waals surface area (Å²) < 4.78 is 30.7. The Balaban J connectivity index is 1.78. The number of carbonyl (C=O) groups excluding carboxylic acids is 2. The van der Waals surface area contributed by atoms with Crippen molar-refractivity contribution in [3.05, 3.63) is 129 Å². The van der Waals surface area contributed by atoms with E-state index in [4.69, 9.17) is 0 Å². The molecule has 2 amide bonds. The molecular formula is C34H35Br2N3O4S. The van der Waals surface area contributed by atoms with Crippen LogP contribution in [-0.2, 0) is 32.6 Å². The number of benzene rings is 4. The van der Waals surface area contributed by atoms with Crippen LogP contribution >= 0.6 is 31.9 Å². The van der Waals surface area contributed by atoms with E-state index in [0.29, 0.717) is 12.2 Å². The highest BCUT2D eigenvalue weighted by molar-refractivity contribution is 9.10. The third kappa shape index (κ3) is 9.03. The van der Waals surface area contributed by atoms with Gasteiger partial charge in [-0.1, -0.05) is 106 Å². The molecule has 4 aromatic carbocycles. The number of hydrogen-bond acceptors (Lipinski definition) is 4. The number of sulfonamides is 1. The summed E-state index contributed by atoms with van der Waals surface area (Å²) in [5, 5.41) is 3.00. The number of unbranched alkanes of at least 4 members (excludes halogenated alkanes) is 1. The second kappa shape index (κ2) is 16.0. The summed E-state index contributed by atoms with van der Waals surface area (Å²) in [7, 11) is -4.14. The molecule has 0 radical (unpaired) electrons. The van der Waals surface area contributed by atoms with Crippen LogP contribution in [0.15, 0.2) is 123 Å². The Morgan fingerprint density at radius 2 is 1.43 bits per heavy atom.